The smallest absolute Gasteiger partial charge is 0.326 e. The lowest BCUT2D eigenvalue weighted by Crippen LogP contribution is -2.62. The standard InChI is InChI=1S/C69H99N17O13/c1-9-38(7)57(67(97)82-51(30-40-19-12-11-13-20-40)62(92)81-52(31-41-34-76-46-23-16-14-21-43(41)46)63(93)80-50(29-36(3)4)64(94)86-58(68(98)99)39(8)10-2)85-65(95)53(32-42-35-77-47-24-17-15-22-44(42)47)83-66(96)56(37(5)6)84-61(91)48(25-18-28-75-69(73)74)79-60(90)49(26-27-54(71)87)78-59(89)45(70)33-55(72)88/h11-17,19-24,34-39,45,48-53,56-58,76-77H,9-10,18,25-33,70H2,1-8H3,(H2,71,87)(H2,72,88)(H,78,89)(H,79,90)(H,80,93)(H,81,92)(H,82,97)(H,83,96)(H,84,91)(H,85,95)(H,86,94)(H,98,99)(H4,73,74,75)/t38-,39-,45-,48-,49-,50-,51-,52-,53-,56-,57-,58-/m0/s1. The van der Waals surface area contributed by atoms with E-state index in [0.29, 0.717) is 40.4 Å². The number of benzene rings is 3. The Kier molecular flexibility index (Phi) is 30.9. The Morgan fingerprint density at radius 3 is 1.38 bits per heavy atom. The van der Waals surface area contributed by atoms with Crippen LogP contribution in [0.25, 0.3) is 21.8 Å². The van der Waals surface area contributed by atoms with Gasteiger partial charge in [-0.05, 0) is 78.2 Å². The van der Waals surface area contributed by atoms with Gasteiger partial charge in [0.25, 0.3) is 0 Å². The van der Waals surface area contributed by atoms with Gasteiger partial charge >= 0.3 is 5.97 Å². The van der Waals surface area contributed by atoms with Crippen molar-refractivity contribution in [2.45, 2.75) is 186 Å². The van der Waals surface area contributed by atoms with Crippen molar-refractivity contribution in [3.05, 3.63) is 108 Å². The van der Waals surface area contributed by atoms with Gasteiger partial charge in [0.2, 0.25) is 65.0 Å². The molecule has 0 bridgehead atoms. The van der Waals surface area contributed by atoms with E-state index in [1.54, 1.807) is 96.4 Å². The monoisotopic (exact) mass is 1370 g/mol. The van der Waals surface area contributed by atoms with Crippen LogP contribution in [0.4, 0.5) is 0 Å². The van der Waals surface area contributed by atoms with Gasteiger partial charge in [-0.3, -0.25) is 57.7 Å². The summed E-state index contributed by atoms with van der Waals surface area (Å²) in [6.45, 7) is 13.9. The molecule has 30 heteroatoms. The molecule has 22 N–H and O–H groups in total. The van der Waals surface area contributed by atoms with Gasteiger partial charge in [-0.25, -0.2) is 4.79 Å². The van der Waals surface area contributed by atoms with Crippen LogP contribution >= 0.6 is 0 Å². The second-order valence-corrected chi connectivity index (χ2v) is 25.9. The van der Waals surface area contributed by atoms with E-state index >= 15 is 14.4 Å². The van der Waals surface area contributed by atoms with Crippen LogP contribution in [0.5, 0.6) is 0 Å². The molecule has 538 valence electrons. The third-order valence-electron chi connectivity index (χ3n) is 17.2. The van der Waals surface area contributed by atoms with Gasteiger partial charge in [-0.2, -0.15) is 0 Å². The molecule has 0 radical (unpaired) electrons. The van der Waals surface area contributed by atoms with Gasteiger partial charge in [0.05, 0.1) is 12.5 Å². The number of carbonyl (C=O) groups excluding carboxylic acids is 11. The van der Waals surface area contributed by atoms with E-state index in [1.165, 1.54) is 0 Å². The molecule has 0 spiro atoms. The van der Waals surface area contributed by atoms with Crippen LogP contribution in [-0.4, -0.2) is 159 Å². The zero-order valence-electron chi connectivity index (χ0n) is 57.4. The third-order valence-corrected chi connectivity index (χ3v) is 17.2. The molecule has 0 fully saturated rings. The number of carboxylic acid groups (broad SMARTS) is 1. The Bertz CT molecular complexity index is 3640. The van der Waals surface area contributed by atoms with Crippen molar-refractivity contribution >= 4 is 98.7 Å². The van der Waals surface area contributed by atoms with Gasteiger partial charge < -0.3 is 91.6 Å². The molecule has 2 heterocycles. The quantitative estimate of drug-likeness (QED) is 0.0143. The second-order valence-electron chi connectivity index (χ2n) is 25.9. The average molecular weight is 1370 g/mol. The number of aromatic nitrogens is 2. The molecule has 0 saturated carbocycles. The number of fused-ring (bicyclic) bond motifs is 2. The number of carbonyl (C=O) groups is 12. The Morgan fingerprint density at radius 1 is 0.465 bits per heavy atom. The van der Waals surface area contributed by atoms with Crippen molar-refractivity contribution in [2.75, 3.05) is 6.54 Å². The van der Waals surface area contributed by atoms with Crippen molar-refractivity contribution in [1.82, 2.24) is 57.8 Å². The molecule has 5 aromatic rings. The molecule has 30 nitrogen and oxygen atoms in total. The topological polar surface area (TPSA) is 507 Å². The van der Waals surface area contributed by atoms with Crippen molar-refractivity contribution in [2.24, 2.45) is 57.3 Å². The minimum atomic E-state index is -1.52. The van der Waals surface area contributed by atoms with Crippen LogP contribution in [0.15, 0.2) is 96.2 Å². The average Bonchev–Trinajstić information content (AvgIpc) is 1.72. The minimum absolute atomic E-state index is 0.00676. The zero-order valence-corrected chi connectivity index (χ0v) is 57.4. The number of nitrogens with two attached hydrogens (primary N) is 5. The van der Waals surface area contributed by atoms with E-state index in [-0.39, 0.29) is 63.4 Å². The molecule has 5 rings (SSSR count). The fourth-order valence-electron chi connectivity index (χ4n) is 11.2. The number of hydrogen-bond acceptors (Lipinski definition) is 14. The number of para-hydroxylation sites is 2. The molecule has 0 aliphatic heterocycles. The number of aliphatic carboxylic acids is 1. The summed E-state index contributed by atoms with van der Waals surface area (Å²) in [4.78, 5) is 177. The highest BCUT2D eigenvalue weighted by molar-refractivity contribution is 6.00. The van der Waals surface area contributed by atoms with Crippen LogP contribution in [0.2, 0.25) is 0 Å². The van der Waals surface area contributed by atoms with E-state index in [0.717, 1.165) is 10.9 Å². The molecule has 12 atom stereocenters. The number of amides is 11. The second kappa shape index (κ2) is 38.5. The van der Waals surface area contributed by atoms with E-state index in [4.69, 9.17) is 28.7 Å². The molecule has 0 aliphatic carbocycles. The zero-order chi connectivity index (χ0) is 73.2. The highest BCUT2D eigenvalue weighted by Gasteiger charge is 2.39. The number of nitrogens with zero attached hydrogens (tertiary/aromatic N) is 1. The lowest BCUT2D eigenvalue weighted by molar-refractivity contribution is -0.144. The summed E-state index contributed by atoms with van der Waals surface area (Å²) >= 11 is 0. The lowest BCUT2D eigenvalue weighted by atomic mass is 9.95. The molecule has 2 aromatic heterocycles. The lowest BCUT2D eigenvalue weighted by Gasteiger charge is -2.30. The summed E-state index contributed by atoms with van der Waals surface area (Å²) in [7, 11) is 0. The maximum atomic E-state index is 15.2. The van der Waals surface area contributed by atoms with Gasteiger partial charge in [0.15, 0.2) is 5.96 Å². The van der Waals surface area contributed by atoms with Crippen LogP contribution in [-0.2, 0) is 76.8 Å². The number of hydrogen-bond donors (Lipinski definition) is 17. The van der Waals surface area contributed by atoms with Crippen molar-refractivity contribution < 1.29 is 62.6 Å². The number of carboxylic acids is 1. The fourth-order valence-corrected chi connectivity index (χ4v) is 11.2. The maximum absolute atomic E-state index is 15.2. The summed E-state index contributed by atoms with van der Waals surface area (Å²) in [5.74, 6) is -12.9. The summed E-state index contributed by atoms with van der Waals surface area (Å²) in [6, 6.07) is 9.22. The van der Waals surface area contributed by atoms with Gasteiger partial charge in [-0.1, -0.05) is 135 Å². The van der Waals surface area contributed by atoms with Crippen LogP contribution in [0.1, 0.15) is 123 Å². The molecule has 0 unspecified atom stereocenters. The van der Waals surface area contributed by atoms with Gasteiger partial charge in [-0.15, -0.1) is 0 Å². The molecule has 3 aromatic carbocycles. The summed E-state index contributed by atoms with van der Waals surface area (Å²) in [6.07, 6.45) is 2.43. The Balaban J connectivity index is 1.49. The predicted octanol–water partition coefficient (Wildman–Crippen LogP) is 0.441. The molecule has 11 amide bonds. The Morgan fingerprint density at radius 2 is 0.879 bits per heavy atom. The van der Waals surface area contributed by atoms with Crippen molar-refractivity contribution in [3.63, 3.8) is 0 Å². The first-order valence-electron chi connectivity index (χ1n) is 33.4. The van der Waals surface area contributed by atoms with Crippen LogP contribution in [0.3, 0.4) is 0 Å². The molecule has 0 saturated heterocycles. The number of guanidine groups is 1. The van der Waals surface area contributed by atoms with E-state index < -0.39 is 162 Å². The van der Waals surface area contributed by atoms with Crippen molar-refractivity contribution in [3.8, 4) is 0 Å². The molecule has 0 aliphatic rings. The highest BCUT2D eigenvalue weighted by Crippen LogP contribution is 2.23. The SMILES string of the molecule is CC[C@H](C)[C@H](NC(=O)[C@H](CC(C)C)NC(=O)[C@H](Cc1c[nH]c2ccccc12)NC(=O)[C@H](Cc1ccccc1)NC(=O)[C@@H](NC(=O)[C@H](Cc1c[nH]c2ccccc12)NC(=O)[C@@H](NC(=O)[C@H](CCCN=C(N)N)NC(=O)[C@H](CCC(N)=O)NC(=O)[C@@H](N)CC(N)=O)C(C)C)[C@@H](C)CC)C(=O)O. The number of nitrogens with one attached hydrogen (secondary N) is 11. The predicted molar refractivity (Wildman–Crippen MR) is 372 cm³/mol. The number of aliphatic imine (C=N–C) groups is 1. The van der Waals surface area contributed by atoms with Gasteiger partial charge in [0, 0.05) is 66.4 Å². The number of primary amides is 2. The van der Waals surface area contributed by atoms with Gasteiger partial charge in [0.1, 0.15) is 54.4 Å². The van der Waals surface area contributed by atoms with Crippen LogP contribution in [0, 0.1) is 23.7 Å². The number of aromatic amines is 2. The summed E-state index contributed by atoms with van der Waals surface area (Å²) < 4.78 is 0. The van der Waals surface area contributed by atoms with Crippen molar-refractivity contribution in [1.29, 1.82) is 0 Å². The Hall–Kier alpha value is -10.4. The minimum Gasteiger partial charge on any atom is -0.480 e. The van der Waals surface area contributed by atoms with E-state index in [2.05, 4.69) is 62.8 Å². The summed E-state index contributed by atoms with van der Waals surface area (Å²) in [5, 5.41) is 36.0. The Labute approximate surface area is 575 Å². The third kappa shape index (κ3) is 24.6. The fraction of sp³-hybridized carbons (Fsp3) is 0.493. The first-order chi connectivity index (χ1) is 46.9. The largest absolute Gasteiger partial charge is 0.480 e. The number of H-pyrrole nitrogens is 2. The summed E-state index contributed by atoms with van der Waals surface area (Å²) in [5.41, 5.74) is 30.8. The normalized spacial score (nSPS) is 15.0. The molecule has 99 heavy (non-hydrogen) atoms. The maximum Gasteiger partial charge on any atom is 0.326 e. The molecular weight excluding hydrogens is 1270 g/mol. The van der Waals surface area contributed by atoms with Crippen LogP contribution < -0.4 is 76.5 Å². The first kappa shape index (κ1) is 79.3. The van der Waals surface area contributed by atoms with E-state index in [1.807, 2.05) is 50.2 Å². The highest BCUT2D eigenvalue weighted by atomic mass is 16.4. The number of rotatable bonds is 41. The first-order valence-corrected chi connectivity index (χ1v) is 33.4. The van der Waals surface area contributed by atoms with E-state index in [9.17, 15) is 48.3 Å². The molecular formula is C69H99N17O13.